The van der Waals surface area contributed by atoms with Crippen LogP contribution in [-0.4, -0.2) is 29.2 Å². The molecule has 6 heteroatoms. The summed E-state index contributed by atoms with van der Waals surface area (Å²) in [5.74, 6) is 0. The topological polar surface area (TPSA) is 101 Å². The minimum Gasteiger partial charge on any atom is -0.388 e. The third-order valence-corrected chi connectivity index (χ3v) is 2.44. The number of hydrogen-bond acceptors (Lipinski definition) is 5. The maximum atomic E-state index is 10.9. The Morgan fingerprint density at radius 3 is 2.94 bits per heavy atom. The Kier molecular flexibility index (Phi) is 5.29. The third-order valence-electron chi connectivity index (χ3n) is 2.44. The molecule has 0 fully saturated rings. The summed E-state index contributed by atoms with van der Waals surface area (Å²) in [7, 11) is 0. The molecular weight excluding hydrogens is 234 g/mol. The summed E-state index contributed by atoms with van der Waals surface area (Å²) in [6.07, 6.45) is 2.56. The number of nitro groups is 1. The minimum atomic E-state index is -0.682. The van der Waals surface area contributed by atoms with Crippen molar-refractivity contribution in [2.45, 2.75) is 13.0 Å². The number of aliphatic hydroxyl groups excluding tert-OH is 1. The van der Waals surface area contributed by atoms with Crippen LogP contribution in [0.15, 0.2) is 30.4 Å². The van der Waals surface area contributed by atoms with Crippen LogP contribution in [0.4, 0.5) is 11.4 Å². The van der Waals surface area contributed by atoms with Crippen molar-refractivity contribution in [1.82, 2.24) is 0 Å². The Hall–Kier alpha value is -1.92. The molecule has 0 saturated carbocycles. The molecule has 0 aliphatic heterocycles. The largest absolute Gasteiger partial charge is 0.388 e. The zero-order valence-corrected chi connectivity index (χ0v) is 10.2. The van der Waals surface area contributed by atoms with Gasteiger partial charge >= 0.3 is 0 Å². The average Bonchev–Trinajstić information content (AvgIpc) is 2.35. The number of benzene rings is 1. The second kappa shape index (κ2) is 6.73. The highest BCUT2D eigenvalue weighted by atomic mass is 16.6. The Morgan fingerprint density at radius 1 is 1.61 bits per heavy atom. The average molecular weight is 251 g/mol. The molecule has 0 saturated heterocycles. The maximum Gasteiger partial charge on any atom is 0.292 e. The fourth-order valence-electron chi connectivity index (χ4n) is 1.50. The first-order valence-corrected chi connectivity index (χ1v) is 5.59. The number of anilines is 1. The number of nitro benzene ring substituents is 1. The van der Waals surface area contributed by atoms with Crippen LogP contribution in [0.3, 0.4) is 0 Å². The molecule has 18 heavy (non-hydrogen) atoms. The van der Waals surface area contributed by atoms with E-state index in [9.17, 15) is 15.2 Å². The van der Waals surface area contributed by atoms with E-state index >= 15 is 0 Å². The highest BCUT2D eigenvalue weighted by Crippen LogP contribution is 2.27. The van der Waals surface area contributed by atoms with E-state index < -0.39 is 11.0 Å². The van der Waals surface area contributed by atoms with Gasteiger partial charge < -0.3 is 16.2 Å². The van der Waals surface area contributed by atoms with E-state index in [-0.39, 0.29) is 12.2 Å². The van der Waals surface area contributed by atoms with Crippen LogP contribution >= 0.6 is 0 Å². The predicted octanol–water partition coefficient (Wildman–Crippen LogP) is 1.19. The first-order chi connectivity index (χ1) is 8.56. The molecule has 4 N–H and O–H groups in total. The van der Waals surface area contributed by atoms with Gasteiger partial charge in [-0.1, -0.05) is 24.3 Å². The number of nitrogens with zero attached hydrogens (tertiary/aromatic N) is 1. The van der Waals surface area contributed by atoms with Crippen LogP contribution in [0.2, 0.25) is 0 Å². The SMILES string of the molecule is Cc1cccc([N+](=O)[O-])c1NCC=C[C@@H](O)CN. The number of nitrogens with two attached hydrogens (primary N) is 1. The summed E-state index contributed by atoms with van der Waals surface area (Å²) in [5, 5.41) is 23.0. The summed E-state index contributed by atoms with van der Waals surface area (Å²) in [6.45, 7) is 2.34. The minimum absolute atomic E-state index is 0.0442. The Labute approximate surface area is 105 Å². The van der Waals surface area contributed by atoms with Gasteiger partial charge in [0.25, 0.3) is 5.69 Å². The molecule has 0 amide bonds. The van der Waals surface area contributed by atoms with Crippen molar-refractivity contribution in [1.29, 1.82) is 0 Å². The van der Waals surface area contributed by atoms with Crippen molar-refractivity contribution in [3.8, 4) is 0 Å². The van der Waals surface area contributed by atoms with E-state index in [0.717, 1.165) is 5.56 Å². The number of rotatable bonds is 6. The quantitative estimate of drug-likeness (QED) is 0.400. The smallest absolute Gasteiger partial charge is 0.292 e. The summed E-state index contributed by atoms with van der Waals surface area (Å²) >= 11 is 0. The standard InChI is InChI=1S/C12H17N3O3/c1-9-4-2-6-11(15(17)18)12(9)14-7-3-5-10(16)8-13/h2-6,10,14,16H,7-8,13H2,1H3/t10-/m1/s1. The van der Waals surface area contributed by atoms with Crippen molar-refractivity contribution in [2.75, 3.05) is 18.4 Å². The Bertz CT molecular complexity index is 446. The van der Waals surface area contributed by atoms with Gasteiger partial charge in [-0.3, -0.25) is 10.1 Å². The lowest BCUT2D eigenvalue weighted by Crippen LogP contribution is -2.17. The fraction of sp³-hybridized carbons (Fsp3) is 0.333. The number of hydrogen-bond donors (Lipinski definition) is 3. The van der Waals surface area contributed by atoms with Crippen LogP contribution in [0.5, 0.6) is 0 Å². The molecular formula is C12H17N3O3. The fourth-order valence-corrected chi connectivity index (χ4v) is 1.50. The Morgan fingerprint density at radius 2 is 2.33 bits per heavy atom. The normalized spacial score (nSPS) is 12.6. The van der Waals surface area contributed by atoms with Gasteiger partial charge in [-0.05, 0) is 12.5 Å². The van der Waals surface area contributed by atoms with Crippen molar-refractivity contribution >= 4 is 11.4 Å². The molecule has 0 aliphatic rings. The highest BCUT2D eigenvalue weighted by molar-refractivity contribution is 5.66. The number of para-hydroxylation sites is 1. The molecule has 6 nitrogen and oxygen atoms in total. The van der Waals surface area contributed by atoms with Crippen LogP contribution in [-0.2, 0) is 0 Å². The van der Waals surface area contributed by atoms with E-state index in [0.29, 0.717) is 12.2 Å². The first-order valence-electron chi connectivity index (χ1n) is 5.59. The second-order valence-corrected chi connectivity index (χ2v) is 3.84. The van der Waals surface area contributed by atoms with Crippen molar-refractivity contribution in [3.05, 3.63) is 46.0 Å². The van der Waals surface area contributed by atoms with Crippen LogP contribution in [0, 0.1) is 17.0 Å². The lowest BCUT2D eigenvalue weighted by molar-refractivity contribution is -0.384. The van der Waals surface area contributed by atoms with E-state index in [1.807, 2.05) is 0 Å². The van der Waals surface area contributed by atoms with E-state index in [1.54, 1.807) is 31.2 Å². The van der Waals surface area contributed by atoms with Gasteiger partial charge in [-0.15, -0.1) is 0 Å². The van der Waals surface area contributed by atoms with Gasteiger partial charge in [0.2, 0.25) is 0 Å². The lowest BCUT2D eigenvalue weighted by Gasteiger charge is -2.08. The van der Waals surface area contributed by atoms with Gasteiger partial charge in [-0.2, -0.15) is 0 Å². The number of aliphatic hydroxyl groups is 1. The van der Waals surface area contributed by atoms with Crippen LogP contribution < -0.4 is 11.1 Å². The zero-order valence-electron chi connectivity index (χ0n) is 10.2. The monoisotopic (exact) mass is 251 g/mol. The van der Waals surface area contributed by atoms with Gasteiger partial charge in [0, 0.05) is 19.2 Å². The van der Waals surface area contributed by atoms with E-state index in [2.05, 4.69) is 5.32 Å². The van der Waals surface area contributed by atoms with Gasteiger partial charge in [0.15, 0.2) is 0 Å². The third kappa shape index (κ3) is 3.83. The van der Waals surface area contributed by atoms with Gasteiger partial charge in [0.05, 0.1) is 11.0 Å². The molecule has 0 aliphatic carbocycles. The maximum absolute atomic E-state index is 10.9. The first kappa shape index (κ1) is 14.1. The van der Waals surface area contributed by atoms with Crippen molar-refractivity contribution in [3.63, 3.8) is 0 Å². The van der Waals surface area contributed by atoms with Gasteiger partial charge in [0.1, 0.15) is 5.69 Å². The second-order valence-electron chi connectivity index (χ2n) is 3.84. The molecule has 0 radical (unpaired) electrons. The summed E-state index contributed by atoms with van der Waals surface area (Å²) < 4.78 is 0. The molecule has 0 spiro atoms. The van der Waals surface area contributed by atoms with Gasteiger partial charge in [-0.25, -0.2) is 0 Å². The lowest BCUT2D eigenvalue weighted by atomic mass is 10.1. The van der Waals surface area contributed by atoms with Crippen molar-refractivity contribution < 1.29 is 10.0 Å². The number of aryl methyl sites for hydroxylation is 1. The number of nitrogens with one attached hydrogen (secondary N) is 1. The summed E-state index contributed by atoms with van der Waals surface area (Å²) in [6, 6.07) is 4.90. The summed E-state index contributed by atoms with van der Waals surface area (Å²) in [5.41, 5.74) is 6.58. The summed E-state index contributed by atoms with van der Waals surface area (Å²) in [4.78, 5) is 10.4. The van der Waals surface area contributed by atoms with E-state index in [4.69, 9.17) is 5.73 Å². The van der Waals surface area contributed by atoms with Crippen molar-refractivity contribution in [2.24, 2.45) is 5.73 Å². The molecule has 1 aromatic carbocycles. The Balaban J connectivity index is 2.72. The molecule has 0 bridgehead atoms. The highest BCUT2D eigenvalue weighted by Gasteiger charge is 2.14. The molecule has 1 aromatic rings. The zero-order chi connectivity index (χ0) is 13.5. The molecule has 0 unspecified atom stereocenters. The molecule has 0 heterocycles. The molecule has 98 valence electrons. The molecule has 1 atom stereocenters. The van der Waals surface area contributed by atoms with Crippen LogP contribution in [0.1, 0.15) is 5.56 Å². The predicted molar refractivity (Wildman–Crippen MR) is 70.5 cm³/mol. The van der Waals surface area contributed by atoms with Crippen LogP contribution in [0.25, 0.3) is 0 Å². The molecule has 1 rings (SSSR count). The molecule has 0 aromatic heterocycles. The van der Waals surface area contributed by atoms with E-state index in [1.165, 1.54) is 6.07 Å².